The molecule has 1 heterocycles. The Morgan fingerprint density at radius 3 is 2.42 bits per heavy atom. The van der Waals surface area contributed by atoms with Crippen LogP contribution in [0.5, 0.6) is 0 Å². The van der Waals surface area contributed by atoms with Crippen molar-refractivity contribution < 1.29 is 4.79 Å². The van der Waals surface area contributed by atoms with Crippen LogP contribution in [0.25, 0.3) is 0 Å². The summed E-state index contributed by atoms with van der Waals surface area (Å²) in [6, 6.07) is 8.14. The van der Waals surface area contributed by atoms with Crippen LogP contribution in [0.15, 0.2) is 36.5 Å². The Labute approximate surface area is 115 Å². The van der Waals surface area contributed by atoms with Gasteiger partial charge in [0.2, 0.25) is 5.91 Å². The second kappa shape index (κ2) is 5.08. The Morgan fingerprint density at radius 1 is 1.26 bits per heavy atom. The van der Waals surface area contributed by atoms with Gasteiger partial charge in [-0.15, -0.1) is 0 Å². The van der Waals surface area contributed by atoms with Crippen molar-refractivity contribution in [3.8, 4) is 0 Å². The minimum Gasteiger partial charge on any atom is -0.374 e. The summed E-state index contributed by atoms with van der Waals surface area (Å²) < 4.78 is 0. The first-order valence-corrected chi connectivity index (χ1v) is 6.72. The number of benzene rings is 1. The van der Waals surface area contributed by atoms with Gasteiger partial charge in [-0.05, 0) is 36.0 Å². The Kier molecular flexibility index (Phi) is 3.65. The summed E-state index contributed by atoms with van der Waals surface area (Å²) in [6.45, 7) is 10.4. The fraction of sp³-hybridized carbons (Fsp3) is 0.438. The van der Waals surface area contributed by atoms with Crippen molar-refractivity contribution in [1.29, 1.82) is 0 Å². The van der Waals surface area contributed by atoms with Gasteiger partial charge in [0.05, 0.1) is 0 Å². The van der Waals surface area contributed by atoms with Crippen LogP contribution in [0, 0.1) is 0 Å². The molecule has 0 radical (unpaired) electrons. The van der Waals surface area contributed by atoms with E-state index < -0.39 is 0 Å². The van der Waals surface area contributed by atoms with Crippen LogP contribution in [0.4, 0.5) is 5.69 Å². The van der Waals surface area contributed by atoms with Gasteiger partial charge in [0.1, 0.15) is 6.04 Å². The molecule has 0 saturated carbocycles. The van der Waals surface area contributed by atoms with Crippen LogP contribution in [0.2, 0.25) is 0 Å². The summed E-state index contributed by atoms with van der Waals surface area (Å²) in [5.41, 5.74) is 3.24. The third kappa shape index (κ3) is 3.37. The molecular weight excluding hydrogens is 236 g/mol. The van der Waals surface area contributed by atoms with E-state index in [9.17, 15) is 4.79 Å². The standard InChI is InChI=1S/C16H22N2O/c1-11-5-10-14(15(19)17-11)18-13-8-6-12(7-9-13)16(2,3)4/h6-9,14,18H,1,5,10H2,2-4H3,(H,17,19). The Balaban J connectivity index is 2.04. The first-order chi connectivity index (χ1) is 8.86. The maximum Gasteiger partial charge on any atom is 0.246 e. The van der Waals surface area contributed by atoms with Crippen molar-refractivity contribution in [2.45, 2.75) is 45.1 Å². The van der Waals surface area contributed by atoms with Gasteiger partial charge in [-0.25, -0.2) is 0 Å². The van der Waals surface area contributed by atoms with E-state index in [1.54, 1.807) is 0 Å². The van der Waals surface area contributed by atoms with E-state index in [-0.39, 0.29) is 17.4 Å². The molecule has 1 aromatic carbocycles. The molecule has 19 heavy (non-hydrogen) atoms. The normalized spacial score (nSPS) is 20.1. The average molecular weight is 258 g/mol. The molecule has 102 valence electrons. The van der Waals surface area contributed by atoms with Gasteiger partial charge >= 0.3 is 0 Å². The van der Waals surface area contributed by atoms with Crippen LogP contribution in [0.1, 0.15) is 39.2 Å². The molecule has 1 saturated heterocycles. The maximum atomic E-state index is 11.8. The van der Waals surface area contributed by atoms with Crippen molar-refractivity contribution in [3.05, 3.63) is 42.1 Å². The second-order valence-corrected chi connectivity index (χ2v) is 6.16. The Morgan fingerprint density at radius 2 is 1.89 bits per heavy atom. The fourth-order valence-corrected chi connectivity index (χ4v) is 2.18. The number of nitrogens with one attached hydrogen (secondary N) is 2. The zero-order chi connectivity index (χ0) is 14.0. The SMILES string of the molecule is C=C1CCC(Nc2ccc(C(C)(C)C)cc2)C(=O)N1. The number of piperidine rings is 1. The molecule has 1 aromatic rings. The van der Waals surface area contributed by atoms with Crippen LogP contribution in [-0.2, 0) is 10.2 Å². The highest BCUT2D eigenvalue weighted by molar-refractivity contribution is 5.87. The highest BCUT2D eigenvalue weighted by atomic mass is 16.2. The van der Waals surface area contributed by atoms with Gasteiger partial charge in [-0.2, -0.15) is 0 Å². The van der Waals surface area contributed by atoms with E-state index in [1.165, 1.54) is 5.56 Å². The molecule has 2 rings (SSSR count). The van der Waals surface area contributed by atoms with Crippen LogP contribution in [0.3, 0.4) is 0 Å². The van der Waals surface area contributed by atoms with Crippen molar-refractivity contribution in [1.82, 2.24) is 5.32 Å². The summed E-state index contributed by atoms with van der Waals surface area (Å²) in [5, 5.41) is 6.07. The van der Waals surface area contributed by atoms with E-state index in [4.69, 9.17) is 0 Å². The van der Waals surface area contributed by atoms with Crippen LogP contribution in [-0.4, -0.2) is 11.9 Å². The number of hydrogen-bond acceptors (Lipinski definition) is 2. The molecule has 1 aliphatic rings. The molecule has 1 fully saturated rings. The van der Waals surface area contributed by atoms with Gasteiger partial charge in [0.25, 0.3) is 0 Å². The summed E-state index contributed by atoms with van der Waals surface area (Å²) in [4.78, 5) is 11.8. The molecule has 3 heteroatoms. The molecule has 0 aromatic heterocycles. The Bertz CT molecular complexity index is 482. The maximum absolute atomic E-state index is 11.8. The highest BCUT2D eigenvalue weighted by Gasteiger charge is 2.23. The van der Waals surface area contributed by atoms with Gasteiger partial charge in [0.15, 0.2) is 0 Å². The molecule has 0 spiro atoms. The summed E-state index contributed by atoms with van der Waals surface area (Å²) in [6.07, 6.45) is 1.63. The molecular formula is C16H22N2O. The van der Waals surface area contributed by atoms with Gasteiger partial charge in [-0.3, -0.25) is 4.79 Å². The lowest BCUT2D eigenvalue weighted by Crippen LogP contribution is -2.43. The first kappa shape index (κ1) is 13.7. The average Bonchev–Trinajstić information content (AvgIpc) is 2.32. The number of amides is 1. The number of hydrogen-bond donors (Lipinski definition) is 2. The van der Waals surface area contributed by atoms with Crippen molar-refractivity contribution in [3.63, 3.8) is 0 Å². The van der Waals surface area contributed by atoms with Crippen LogP contribution < -0.4 is 10.6 Å². The van der Waals surface area contributed by atoms with E-state index in [1.807, 2.05) is 12.1 Å². The molecule has 0 bridgehead atoms. The van der Waals surface area contributed by atoms with Crippen molar-refractivity contribution in [2.75, 3.05) is 5.32 Å². The van der Waals surface area contributed by atoms with Gasteiger partial charge < -0.3 is 10.6 Å². The summed E-state index contributed by atoms with van der Waals surface area (Å²) in [7, 11) is 0. The zero-order valence-electron chi connectivity index (χ0n) is 11.9. The van der Waals surface area contributed by atoms with E-state index in [0.29, 0.717) is 0 Å². The third-order valence-corrected chi connectivity index (χ3v) is 3.44. The fourth-order valence-electron chi connectivity index (χ4n) is 2.18. The third-order valence-electron chi connectivity index (χ3n) is 3.44. The molecule has 0 aliphatic carbocycles. The Hall–Kier alpha value is -1.77. The smallest absolute Gasteiger partial charge is 0.246 e. The largest absolute Gasteiger partial charge is 0.374 e. The first-order valence-electron chi connectivity index (χ1n) is 6.72. The lowest BCUT2D eigenvalue weighted by Gasteiger charge is -2.25. The van der Waals surface area contributed by atoms with E-state index in [2.05, 4.69) is 50.1 Å². The van der Waals surface area contributed by atoms with Crippen LogP contribution >= 0.6 is 0 Å². The zero-order valence-corrected chi connectivity index (χ0v) is 11.9. The predicted octanol–water partition coefficient (Wildman–Crippen LogP) is 3.19. The minimum absolute atomic E-state index is 0.0103. The summed E-state index contributed by atoms with van der Waals surface area (Å²) in [5.74, 6) is 0.0103. The van der Waals surface area contributed by atoms with Crippen molar-refractivity contribution >= 4 is 11.6 Å². The highest BCUT2D eigenvalue weighted by Crippen LogP contribution is 2.24. The molecule has 1 amide bonds. The molecule has 1 aliphatic heterocycles. The number of rotatable bonds is 2. The topological polar surface area (TPSA) is 41.1 Å². The lowest BCUT2D eigenvalue weighted by molar-refractivity contribution is -0.122. The van der Waals surface area contributed by atoms with Gasteiger partial charge in [0, 0.05) is 11.4 Å². The predicted molar refractivity (Wildman–Crippen MR) is 79.1 cm³/mol. The minimum atomic E-state index is -0.161. The lowest BCUT2D eigenvalue weighted by atomic mass is 9.87. The molecule has 3 nitrogen and oxygen atoms in total. The summed E-state index contributed by atoms with van der Waals surface area (Å²) >= 11 is 0. The second-order valence-electron chi connectivity index (χ2n) is 6.16. The van der Waals surface area contributed by atoms with Gasteiger partial charge in [-0.1, -0.05) is 39.5 Å². The van der Waals surface area contributed by atoms with E-state index in [0.717, 1.165) is 24.2 Å². The molecule has 2 N–H and O–H groups in total. The quantitative estimate of drug-likeness (QED) is 0.855. The molecule has 1 unspecified atom stereocenters. The number of anilines is 1. The molecule has 1 atom stereocenters. The number of allylic oxidation sites excluding steroid dienone is 1. The van der Waals surface area contributed by atoms with Crippen molar-refractivity contribution in [2.24, 2.45) is 0 Å². The monoisotopic (exact) mass is 258 g/mol. The number of carbonyl (C=O) groups is 1. The number of carbonyl (C=O) groups excluding carboxylic acids is 1. The van der Waals surface area contributed by atoms with E-state index >= 15 is 0 Å².